The zero-order valence-corrected chi connectivity index (χ0v) is 17.5. The highest BCUT2D eigenvalue weighted by Gasteiger charge is 2.18. The normalized spacial score (nSPS) is 12.6. The van der Waals surface area contributed by atoms with Crippen molar-refractivity contribution in [3.63, 3.8) is 0 Å². The van der Waals surface area contributed by atoms with Crippen LogP contribution in [0.4, 0.5) is 11.6 Å². The summed E-state index contributed by atoms with van der Waals surface area (Å²) in [6.07, 6.45) is 10.2. The van der Waals surface area contributed by atoms with Gasteiger partial charge in [-0.2, -0.15) is 5.10 Å². The number of halogens is 1. The average molecular weight is 425 g/mol. The highest BCUT2D eigenvalue weighted by atomic mass is 35.5. The zero-order valence-electron chi connectivity index (χ0n) is 16.7. The van der Waals surface area contributed by atoms with Crippen LogP contribution in [0.2, 0.25) is 5.02 Å². The summed E-state index contributed by atoms with van der Waals surface area (Å²) in [5.41, 5.74) is 4.02. The minimum atomic E-state index is -0.257. The SMILES string of the molecule is COc1cc(C(=O)N=C2CC2)cc(CCc2cnc(Nc3cnn(C)c3)nc2)c1Cl. The summed E-state index contributed by atoms with van der Waals surface area (Å²) in [5, 5.41) is 7.70. The molecule has 4 rings (SSSR count). The van der Waals surface area contributed by atoms with Crippen molar-refractivity contribution in [1.29, 1.82) is 0 Å². The lowest BCUT2D eigenvalue weighted by Crippen LogP contribution is -2.02. The lowest BCUT2D eigenvalue weighted by atomic mass is 10.0. The Balaban J connectivity index is 1.45. The molecule has 0 bridgehead atoms. The van der Waals surface area contributed by atoms with Gasteiger partial charge in [-0.15, -0.1) is 0 Å². The molecule has 8 nitrogen and oxygen atoms in total. The van der Waals surface area contributed by atoms with E-state index in [9.17, 15) is 4.79 Å². The van der Waals surface area contributed by atoms with Crippen LogP contribution in [-0.2, 0) is 19.9 Å². The van der Waals surface area contributed by atoms with E-state index < -0.39 is 0 Å². The monoisotopic (exact) mass is 424 g/mol. The summed E-state index contributed by atoms with van der Waals surface area (Å²) in [7, 11) is 3.38. The molecule has 0 atom stereocenters. The molecule has 1 saturated carbocycles. The van der Waals surface area contributed by atoms with Crippen LogP contribution in [0, 0.1) is 0 Å². The maximum Gasteiger partial charge on any atom is 0.277 e. The number of ether oxygens (including phenoxy) is 1. The highest BCUT2D eigenvalue weighted by molar-refractivity contribution is 6.33. The Hall–Kier alpha value is -3.26. The third-order valence-electron chi connectivity index (χ3n) is 4.66. The fourth-order valence-electron chi connectivity index (χ4n) is 2.93. The molecular formula is C21H21ClN6O2. The number of rotatable bonds is 7. The number of carbonyl (C=O) groups is 1. The Morgan fingerprint density at radius 3 is 2.63 bits per heavy atom. The standard InChI is InChI=1S/C21H21ClN6O2/c1-28-12-17(11-25-28)27-21-23-9-13(10-24-21)3-4-14-7-15(8-18(30-2)19(14)22)20(29)26-16-5-6-16/h7-12H,3-6H2,1-2H3,(H,23,24,27). The molecule has 0 aliphatic heterocycles. The molecule has 1 amide bonds. The van der Waals surface area contributed by atoms with E-state index in [-0.39, 0.29) is 5.91 Å². The van der Waals surface area contributed by atoms with E-state index in [1.165, 1.54) is 7.11 Å². The Kier molecular flexibility index (Phi) is 5.76. The molecule has 3 aromatic rings. The van der Waals surface area contributed by atoms with Crippen LogP contribution in [0.5, 0.6) is 5.75 Å². The van der Waals surface area contributed by atoms with E-state index in [2.05, 4.69) is 25.4 Å². The number of aryl methyl sites for hydroxylation is 3. The summed E-state index contributed by atoms with van der Waals surface area (Å²) >= 11 is 6.47. The number of amides is 1. The van der Waals surface area contributed by atoms with Crippen LogP contribution in [0.25, 0.3) is 0 Å². The van der Waals surface area contributed by atoms with Crippen molar-refractivity contribution < 1.29 is 9.53 Å². The predicted molar refractivity (Wildman–Crippen MR) is 115 cm³/mol. The Labute approximate surface area is 179 Å². The number of hydrogen-bond donors (Lipinski definition) is 1. The van der Waals surface area contributed by atoms with E-state index in [4.69, 9.17) is 16.3 Å². The van der Waals surface area contributed by atoms with Crippen molar-refractivity contribution >= 4 is 34.9 Å². The smallest absolute Gasteiger partial charge is 0.277 e. The number of anilines is 2. The van der Waals surface area contributed by atoms with Gasteiger partial charge in [0.1, 0.15) is 5.75 Å². The first kappa shape index (κ1) is 20.0. The quantitative estimate of drug-likeness (QED) is 0.620. The molecule has 1 aliphatic rings. The van der Waals surface area contributed by atoms with Gasteiger partial charge in [-0.25, -0.2) is 15.0 Å². The van der Waals surface area contributed by atoms with Crippen molar-refractivity contribution in [1.82, 2.24) is 19.7 Å². The topological polar surface area (TPSA) is 94.3 Å². The van der Waals surface area contributed by atoms with Gasteiger partial charge in [-0.05, 0) is 48.9 Å². The molecule has 2 aromatic heterocycles. The fourth-order valence-corrected chi connectivity index (χ4v) is 3.21. The molecule has 9 heteroatoms. The van der Waals surface area contributed by atoms with Gasteiger partial charge in [0, 0.05) is 36.9 Å². The van der Waals surface area contributed by atoms with Gasteiger partial charge in [0.15, 0.2) is 0 Å². The first-order chi connectivity index (χ1) is 14.5. The largest absolute Gasteiger partial charge is 0.495 e. The Morgan fingerprint density at radius 1 is 1.23 bits per heavy atom. The average Bonchev–Trinajstić information content (AvgIpc) is 3.47. The number of aliphatic imine (C=N–C) groups is 1. The van der Waals surface area contributed by atoms with Crippen LogP contribution in [-0.4, -0.2) is 38.5 Å². The van der Waals surface area contributed by atoms with Crippen LogP contribution in [0.1, 0.15) is 34.3 Å². The van der Waals surface area contributed by atoms with Gasteiger partial charge in [-0.3, -0.25) is 9.48 Å². The van der Waals surface area contributed by atoms with Crippen LogP contribution in [0.15, 0.2) is 41.9 Å². The highest BCUT2D eigenvalue weighted by Crippen LogP contribution is 2.31. The third kappa shape index (κ3) is 4.83. The minimum Gasteiger partial charge on any atom is -0.495 e. The van der Waals surface area contributed by atoms with Gasteiger partial charge in [-0.1, -0.05) is 11.6 Å². The van der Waals surface area contributed by atoms with Crippen LogP contribution in [0.3, 0.4) is 0 Å². The molecule has 1 aromatic carbocycles. The molecule has 0 radical (unpaired) electrons. The van der Waals surface area contributed by atoms with Crippen LogP contribution < -0.4 is 10.1 Å². The number of methoxy groups -OCH3 is 1. The molecule has 1 aliphatic carbocycles. The van der Waals surface area contributed by atoms with Crippen molar-refractivity contribution in [2.45, 2.75) is 25.7 Å². The molecule has 0 unspecified atom stereocenters. The first-order valence-electron chi connectivity index (χ1n) is 9.55. The third-order valence-corrected chi connectivity index (χ3v) is 5.09. The molecule has 0 saturated heterocycles. The van der Waals surface area contributed by atoms with Crippen molar-refractivity contribution in [2.24, 2.45) is 12.0 Å². The number of aromatic nitrogens is 4. The lowest BCUT2D eigenvalue weighted by molar-refractivity contribution is 0.100. The van der Waals surface area contributed by atoms with E-state index in [1.807, 2.05) is 13.2 Å². The lowest BCUT2D eigenvalue weighted by Gasteiger charge is -2.11. The van der Waals surface area contributed by atoms with Gasteiger partial charge in [0.25, 0.3) is 5.91 Å². The van der Waals surface area contributed by atoms with E-state index in [0.29, 0.717) is 35.1 Å². The second-order valence-corrected chi connectivity index (χ2v) is 7.46. The number of hydrogen-bond acceptors (Lipinski definition) is 6. The van der Waals surface area contributed by atoms with Crippen molar-refractivity contribution in [2.75, 3.05) is 12.4 Å². The Bertz CT molecular complexity index is 1100. The van der Waals surface area contributed by atoms with E-state index in [1.54, 1.807) is 35.4 Å². The van der Waals surface area contributed by atoms with Crippen molar-refractivity contribution in [3.05, 3.63) is 58.6 Å². The number of nitrogens with one attached hydrogen (secondary N) is 1. The maximum absolute atomic E-state index is 12.4. The number of benzene rings is 1. The maximum atomic E-state index is 12.4. The summed E-state index contributed by atoms with van der Waals surface area (Å²) in [4.78, 5) is 25.2. The predicted octanol–water partition coefficient (Wildman–Crippen LogP) is 3.78. The summed E-state index contributed by atoms with van der Waals surface area (Å²) in [6, 6.07) is 3.43. The minimum absolute atomic E-state index is 0.257. The van der Waals surface area contributed by atoms with Crippen LogP contribution >= 0.6 is 11.6 Å². The first-order valence-corrected chi connectivity index (χ1v) is 9.93. The van der Waals surface area contributed by atoms with Crippen molar-refractivity contribution in [3.8, 4) is 5.75 Å². The molecule has 1 fully saturated rings. The molecule has 30 heavy (non-hydrogen) atoms. The van der Waals surface area contributed by atoms with Gasteiger partial charge < -0.3 is 10.1 Å². The summed E-state index contributed by atoms with van der Waals surface area (Å²) in [5.74, 6) is 0.715. The van der Waals surface area contributed by atoms with E-state index >= 15 is 0 Å². The number of nitrogens with zero attached hydrogens (tertiary/aromatic N) is 5. The van der Waals surface area contributed by atoms with E-state index in [0.717, 1.165) is 35.4 Å². The molecular weight excluding hydrogens is 404 g/mol. The second kappa shape index (κ2) is 8.62. The second-order valence-electron chi connectivity index (χ2n) is 7.08. The number of carbonyl (C=O) groups excluding carboxylic acids is 1. The Morgan fingerprint density at radius 2 is 2.00 bits per heavy atom. The molecule has 2 heterocycles. The molecule has 1 N–H and O–H groups in total. The van der Waals surface area contributed by atoms with Gasteiger partial charge >= 0.3 is 0 Å². The van der Waals surface area contributed by atoms with Gasteiger partial charge in [0.05, 0.1) is 24.0 Å². The van der Waals surface area contributed by atoms with Gasteiger partial charge in [0.2, 0.25) is 5.95 Å². The summed E-state index contributed by atoms with van der Waals surface area (Å²) < 4.78 is 7.05. The fraction of sp³-hybridized carbons (Fsp3) is 0.286. The molecule has 0 spiro atoms. The summed E-state index contributed by atoms with van der Waals surface area (Å²) in [6.45, 7) is 0. The molecule has 154 valence electrons. The zero-order chi connectivity index (χ0) is 21.1.